The second kappa shape index (κ2) is 5.58. The molecule has 0 unspecified atom stereocenters. The van der Waals surface area contributed by atoms with Crippen LogP contribution >= 0.6 is 11.6 Å². The molecule has 1 aromatic heterocycles. The highest BCUT2D eigenvalue weighted by atomic mass is 35.5. The van der Waals surface area contributed by atoms with Crippen molar-refractivity contribution >= 4 is 17.5 Å². The van der Waals surface area contributed by atoms with Crippen molar-refractivity contribution in [1.82, 2.24) is 25.1 Å². The number of rotatable bonds is 2. The molecule has 104 valence electrons. The maximum absolute atomic E-state index is 12.2. The number of amides is 1. The molecule has 0 spiro atoms. The molecule has 0 N–H and O–H groups in total. The van der Waals surface area contributed by atoms with Gasteiger partial charge in [-0.25, -0.2) is 0 Å². The molecule has 7 heteroatoms. The summed E-state index contributed by atoms with van der Waals surface area (Å²) < 4.78 is 0. The number of carbonyl (C=O) groups excluding carboxylic acids is 1. The Labute approximate surface area is 121 Å². The molecule has 1 aromatic carbocycles. The lowest BCUT2D eigenvalue weighted by atomic mass is 10.1. The van der Waals surface area contributed by atoms with Crippen LogP contribution in [0.15, 0.2) is 24.3 Å². The maximum atomic E-state index is 12.2. The molecule has 0 radical (unpaired) electrons. The summed E-state index contributed by atoms with van der Waals surface area (Å²) in [5.41, 5.74) is 0.722. The third-order valence-corrected chi connectivity index (χ3v) is 3.56. The first-order valence-electron chi connectivity index (χ1n) is 6.59. The van der Waals surface area contributed by atoms with E-state index in [-0.39, 0.29) is 11.7 Å². The van der Waals surface area contributed by atoms with Gasteiger partial charge in [0.05, 0.1) is 5.69 Å². The van der Waals surface area contributed by atoms with Crippen LogP contribution in [0.3, 0.4) is 0 Å². The first-order chi connectivity index (χ1) is 9.74. The molecule has 1 aliphatic heterocycles. The van der Waals surface area contributed by atoms with Crippen molar-refractivity contribution in [2.45, 2.75) is 19.3 Å². The Balaban J connectivity index is 1.79. The molecule has 6 nitrogen and oxygen atoms in total. The van der Waals surface area contributed by atoms with Gasteiger partial charge in [-0.1, -0.05) is 11.6 Å². The molecular formula is C13H14ClN5O. The fraction of sp³-hybridized carbons (Fsp3) is 0.385. The van der Waals surface area contributed by atoms with E-state index in [4.69, 9.17) is 11.6 Å². The monoisotopic (exact) mass is 291 g/mol. The first-order valence-corrected chi connectivity index (χ1v) is 6.97. The van der Waals surface area contributed by atoms with Crippen LogP contribution in [0.25, 0.3) is 5.69 Å². The molecule has 0 atom stereocenters. The molecule has 0 saturated carbocycles. The van der Waals surface area contributed by atoms with E-state index in [1.54, 1.807) is 29.2 Å². The van der Waals surface area contributed by atoms with Gasteiger partial charge in [0.25, 0.3) is 11.7 Å². The number of carbonyl (C=O) groups is 1. The Kier molecular flexibility index (Phi) is 3.64. The zero-order valence-electron chi connectivity index (χ0n) is 10.9. The Bertz CT molecular complexity index is 603. The van der Waals surface area contributed by atoms with Crippen LogP contribution in [-0.4, -0.2) is 44.1 Å². The lowest BCUT2D eigenvalue weighted by Gasteiger charge is -2.25. The van der Waals surface area contributed by atoms with Gasteiger partial charge in [0.2, 0.25) is 0 Å². The SMILES string of the molecule is O=C(c1nnn(-c2ccc(Cl)cc2)n1)N1CCCCC1. The van der Waals surface area contributed by atoms with Crippen LogP contribution in [0.4, 0.5) is 0 Å². The second-order valence-electron chi connectivity index (χ2n) is 4.73. The van der Waals surface area contributed by atoms with Gasteiger partial charge >= 0.3 is 0 Å². The molecular weight excluding hydrogens is 278 g/mol. The van der Waals surface area contributed by atoms with Gasteiger partial charge in [0.15, 0.2) is 0 Å². The lowest BCUT2D eigenvalue weighted by Crippen LogP contribution is -2.36. The van der Waals surface area contributed by atoms with Crippen molar-refractivity contribution in [2.24, 2.45) is 0 Å². The molecule has 0 aliphatic carbocycles. The predicted molar refractivity (Wildman–Crippen MR) is 73.9 cm³/mol. The van der Waals surface area contributed by atoms with Crippen LogP contribution in [0.2, 0.25) is 5.02 Å². The second-order valence-corrected chi connectivity index (χ2v) is 5.17. The average Bonchev–Trinajstić information content (AvgIpc) is 2.98. The van der Waals surface area contributed by atoms with Gasteiger partial charge in [-0.2, -0.15) is 0 Å². The summed E-state index contributed by atoms with van der Waals surface area (Å²) in [7, 11) is 0. The number of piperidine rings is 1. The number of tetrazole rings is 1. The number of hydrogen-bond acceptors (Lipinski definition) is 4. The van der Waals surface area contributed by atoms with Crippen molar-refractivity contribution in [1.29, 1.82) is 0 Å². The number of nitrogens with zero attached hydrogens (tertiary/aromatic N) is 5. The topological polar surface area (TPSA) is 63.9 Å². The fourth-order valence-corrected chi connectivity index (χ4v) is 2.35. The number of likely N-dealkylation sites (tertiary alicyclic amines) is 1. The third-order valence-electron chi connectivity index (χ3n) is 3.31. The maximum Gasteiger partial charge on any atom is 0.295 e. The van der Waals surface area contributed by atoms with E-state index in [1.807, 2.05) is 0 Å². The zero-order valence-corrected chi connectivity index (χ0v) is 11.6. The van der Waals surface area contributed by atoms with E-state index in [0.717, 1.165) is 31.6 Å². The van der Waals surface area contributed by atoms with Crippen LogP contribution in [0.5, 0.6) is 0 Å². The van der Waals surface area contributed by atoms with Crippen molar-refractivity contribution in [3.8, 4) is 5.69 Å². The number of halogens is 1. The molecule has 0 bridgehead atoms. The van der Waals surface area contributed by atoms with Crippen LogP contribution in [0.1, 0.15) is 29.9 Å². The van der Waals surface area contributed by atoms with Gasteiger partial charge in [-0.05, 0) is 48.7 Å². The highest BCUT2D eigenvalue weighted by Gasteiger charge is 2.22. The normalized spacial score (nSPS) is 15.3. The number of aromatic nitrogens is 4. The van der Waals surface area contributed by atoms with Gasteiger partial charge in [0, 0.05) is 18.1 Å². The predicted octanol–water partition coefficient (Wildman–Crippen LogP) is 1.94. The summed E-state index contributed by atoms with van der Waals surface area (Å²) in [6.45, 7) is 1.54. The van der Waals surface area contributed by atoms with Crippen LogP contribution in [0, 0.1) is 0 Å². The van der Waals surface area contributed by atoms with Gasteiger partial charge in [-0.15, -0.1) is 15.0 Å². The van der Waals surface area contributed by atoms with E-state index in [2.05, 4.69) is 15.4 Å². The van der Waals surface area contributed by atoms with E-state index in [1.165, 1.54) is 11.2 Å². The Hall–Kier alpha value is -1.95. The minimum Gasteiger partial charge on any atom is -0.336 e. The lowest BCUT2D eigenvalue weighted by molar-refractivity contribution is 0.0711. The van der Waals surface area contributed by atoms with Crippen LogP contribution in [-0.2, 0) is 0 Å². The zero-order chi connectivity index (χ0) is 13.9. The Morgan fingerprint density at radius 1 is 1.10 bits per heavy atom. The van der Waals surface area contributed by atoms with E-state index >= 15 is 0 Å². The molecule has 2 heterocycles. The van der Waals surface area contributed by atoms with Crippen LogP contribution < -0.4 is 0 Å². The summed E-state index contributed by atoms with van der Waals surface area (Å²) in [5, 5.41) is 12.5. The average molecular weight is 292 g/mol. The number of benzene rings is 1. The van der Waals surface area contributed by atoms with E-state index in [0.29, 0.717) is 5.02 Å². The Morgan fingerprint density at radius 3 is 2.50 bits per heavy atom. The minimum absolute atomic E-state index is 0.141. The molecule has 2 aromatic rings. The summed E-state index contributed by atoms with van der Waals surface area (Å²) in [6.07, 6.45) is 3.25. The molecule has 1 saturated heterocycles. The van der Waals surface area contributed by atoms with Crippen molar-refractivity contribution in [3.05, 3.63) is 35.1 Å². The summed E-state index contributed by atoms with van der Waals surface area (Å²) in [4.78, 5) is 15.4. The van der Waals surface area contributed by atoms with Gasteiger partial charge < -0.3 is 4.90 Å². The standard InChI is InChI=1S/C13H14ClN5O/c14-10-4-6-11(7-5-10)19-16-12(15-17-19)13(20)18-8-2-1-3-9-18/h4-7H,1-3,8-9H2. The van der Waals surface area contributed by atoms with Crippen molar-refractivity contribution in [3.63, 3.8) is 0 Å². The fourth-order valence-electron chi connectivity index (χ4n) is 2.22. The summed E-state index contributed by atoms with van der Waals surface area (Å²) >= 11 is 5.83. The molecule has 1 amide bonds. The summed E-state index contributed by atoms with van der Waals surface area (Å²) in [6, 6.07) is 7.04. The highest BCUT2D eigenvalue weighted by Crippen LogP contribution is 2.13. The quantitative estimate of drug-likeness (QED) is 0.848. The highest BCUT2D eigenvalue weighted by molar-refractivity contribution is 6.30. The van der Waals surface area contributed by atoms with Gasteiger partial charge in [-0.3, -0.25) is 4.79 Å². The van der Waals surface area contributed by atoms with E-state index in [9.17, 15) is 4.79 Å². The third kappa shape index (κ3) is 2.65. The smallest absolute Gasteiger partial charge is 0.295 e. The van der Waals surface area contributed by atoms with Gasteiger partial charge in [0.1, 0.15) is 0 Å². The molecule has 3 rings (SSSR count). The largest absolute Gasteiger partial charge is 0.336 e. The van der Waals surface area contributed by atoms with Crippen molar-refractivity contribution in [2.75, 3.05) is 13.1 Å². The molecule has 20 heavy (non-hydrogen) atoms. The molecule has 1 aliphatic rings. The minimum atomic E-state index is -0.148. The Morgan fingerprint density at radius 2 is 1.80 bits per heavy atom. The van der Waals surface area contributed by atoms with Crippen molar-refractivity contribution < 1.29 is 4.79 Å². The number of hydrogen-bond donors (Lipinski definition) is 0. The molecule has 1 fully saturated rings. The van der Waals surface area contributed by atoms with E-state index < -0.39 is 0 Å². The first kappa shape index (κ1) is 13.1. The summed E-state index contributed by atoms with van der Waals surface area (Å²) in [5.74, 6) is -0.00763.